The molecule has 1 aromatic carbocycles. The zero-order valence-corrected chi connectivity index (χ0v) is 13.5. The molecule has 1 aromatic heterocycles. The SMILES string of the molecule is Cc1cc(N2CC[C@H](N)C2)c(F)c2c1c(=O)n(N)c(=O)n2C1CC1. The van der Waals surface area contributed by atoms with E-state index in [1.807, 2.05) is 4.90 Å². The number of nitrogens with zero attached hydrogens (tertiary/aromatic N) is 3. The number of aryl methyl sites for hydroxylation is 1. The summed E-state index contributed by atoms with van der Waals surface area (Å²) in [5, 5.41) is 0.175. The number of anilines is 1. The lowest BCUT2D eigenvalue weighted by Crippen LogP contribution is -2.45. The highest BCUT2D eigenvalue weighted by Gasteiger charge is 2.32. The lowest BCUT2D eigenvalue weighted by molar-refractivity contribution is 0.599. The van der Waals surface area contributed by atoms with E-state index in [-0.39, 0.29) is 23.0 Å². The van der Waals surface area contributed by atoms with Gasteiger partial charge in [0.1, 0.15) is 0 Å². The molecule has 2 fully saturated rings. The van der Waals surface area contributed by atoms with Gasteiger partial charge in [0.05, 0.1) is 16.6 Å². The van der Waals surface area contributed by atoms with Crippen LogP contribution in [0.15, 0.2) is 15.7 Å². The molecule has 0 unspecified atom stereocenters. The summed E-state index contributed by atoms with van der Waals surface area (Å²) in [5.41, 5.74) is 5.69. The molecule has 24 heavy (non-hydrogen) atoms. The highest BCUT2D eigenvalue weighted by atomic mass is 19.1. The van der Waals surface area contributed by atoms with Crippen LogP contribution in [0.3, 0.4) is 0 Å². The van der Waals surface area contributed by atoms with Gasteiger partial charge in [0.15, 0.2) is 5.82 Å². The Hall–Kier alpha value is -2.35. The molecule has 4 rings (SSSR count). The molecule has 1 atom stereocenters. The summed E-state index contributed by atoms with van der Waals surface area (Å²) in [5.74, 6) is 5.10. The summed E-state index contributed by atoms with van der Waals surface area (Å²) >= 11 is 0. The number of fused-ring (bicyclic) bond motifs is 1. The van der Waals surface area contributed by atoms with Crippen molar-refractivity contribution >= 4 is 16.6 Å². The second-order valence-electron chi connectivity index (χ2n) is 6.80. The lowest BCUT2D eigenvalue weighted by Gasteiger charge is -2.22. The van der Waals surface area contributed by atoms with Gasteiger partial charge in [0, 0.05) is 25.2 Å². The molecule has 8 heteroatoms. The van der Waals surface area contributed by atoms with Gasteiger partial charge in [-0.3, -0.25) is 9.36 Å². The zero-order chi connectivity index (χ0) is 17.2. The van der Waals surface area contributed by atoms with Gasteiger partial charge in [-0.25, -0.2) is 9.18 Å². The number of hydrogen-bond donors (Lipinski definition) is 2. The molecule has 0 spiro atoms. The quantitative estimate of drug-likeness (QED) is 0.765. The molecule has 2 aliphatic rings. The molecule has 1 aliphatic heterocycles. The van der Waals surface area contributed by atoms with Crippen LogP contribution in [-0.4, -0.2) is 28.4 Å². The van der Waals surface area contributed by atoms with Gasteiger partial charge >= 0.3 is 5.69 Å². The molecule has 1 aliphatic carbocycles. The molecule has 1 saturated carbocycles. The first-order valence-electron chi connectivity index (χ1n) is 8.16. The number of benzene rings is 1. The Kier molecular flexibility index (Phi) is 3.21. The van der Waals surface area contributed by atoms with Crippen molar-refractivity contribution in [3.63, 3.8) is 0 Å². The molecule has 0 radical (unpaired) electrons. The van der Waals surface area contributed by atoms with E-state index >= 15 is 4.39 Å². The Labute approximate surface area is 137 Å². The Morgan fingerprint density at radius 3 is 2.54 bits per heavy atom. The fourth-order valence-electron chi connectivity index (χ4n) is 3.58. The van der Waals surface area contributed by atoms with Crippen LogP contribution in [0.25, 0.3) is 10.9 Å². The number of halogens is 1. The maximum atomic E-state index is 15.3. The summed E-state index contributed by atoms with van der Waals surface area (Å²) in [6.07, 6.45) is 2.35. The zero-order valence-electron chi connectivity index (χ0n) is 13.5. The minimum Gasteiger partial charge on any atom is -0.367 e. The molecule has 0 amide bonds. The molecule has 7 nitrogen and oxygen atoms in total. The van der Waals surface area contributed by atoms with E-state index in [4.69, 9.17) is 11.6 Å². The minimum absolute atomic E-state index is 0.00284. The van der Waals surface area contributed by atoms with Crippen LogP contribution in [-0.2, 0) is 0 Å². The van der Waals surface area contributed by atoms with E-state index in [9.17, 15) is 9.59 Å². The first kappa shape index (κ1) is 15.2. The second kappa shape index (κ2) is 5.07. The fraction of sp³-hybridized carbons (Fsp3) is 0.500. The summed E-state index contributed by atoms with van der Waals surface area (Å²) in [6.45, 7) is 2.96. The van der Waals surface area contributed by atoms with Crippen LogP contribution < -0.4 is 27.7 Å². The van der Waals surface area contributed by atoms with Crippen molar-refractivity contribution in [2.24, 2.45) is 5.73 Å². The molecule has 1 saturated heterocycles. The highest BCUT2D eigenvalue weighted by molar-refractivity contribution is 5.86. The monoisotopic (exact) mass is 333 g/mol. The highest BCUT2D eigenvalue weighted by Crippen LogP contribution is 2.38. The van der Waals surface area contributed by atoms with Gasteiger partial charge in [-0.1, -0.05) is 0 Å². The van der Waals surface area contributed by atoms with Crippen molar-refractivity contribution in [2.75, 3.05) is 23.8 Å². The normalized spacial score (nSPS) is 21.0. The van der Waals surface area contributed by atoms with E-state index in [1.54, 1.807) is 13.0 Å². The smallest absolute Gasteiger partial charge is 0.350 e. The average Bonchev–Trinajstić information content (AvgIpc) is 3.29. The number of aromatic nitrogens is 2. The van der Waals surface area contributed by atoms with Crippen molar-refractivity contribution in [3.05, 3.63) is 38.3 Å². The maximum absolute atomic E-state index is 15.3. The summed E-state index contributed by atoms with van der Waals surface area (Å²) < 4.78 is 17.3. The lowest BCUT2D eigenvalue weighted by atomic mass is 10.1. The first-order chi connectivity index (χ1) is 11.4. The third-order valence-corrected chi connectivity index (χ3v) is 4.98. The summed E-state index contributed by atoms with van der Waals surface area (Å²) in [4.78, 5) is 26.7. The molecule has 128 valence electrons. The van der Waals surface area contributed by atoms with Crippen LogP contribution in [0.4, 0.5) is 10.1 Å². The topological polar surface area (TPSA) is 99.3 Å². The standard InChI is InChI=1S/C16H20FN5O2/c1-8-6-11(20-5-4-9(18)7-20)13(17)14-12(8)15(23)22(19)16(24)21(14)10-2-3-10/h6,9-10H,2-5,7,18-19H2,1H3/t9-/m0/s1. The maximum Gasteiger partial charge on any atom is 0.350 e. The van der Waals surface area contributed by atoms with Crippen molar-refractivity contribution in [1.29, 1.82) is 0 Å². The van der Waals surface area contributed by atoms with Gasteiger partial charge in [0.2, 0.25) is 0 Å². The van der Waals surface area contributed by atoms with E-state index in [0.717, 1.165) is 19.3 Å². The molecule has 4 N–H and O–H groups in total. The van der Waals surface area contributed by atoms with Crippen molar-refractivity contribution in [2.45, 2.75) is 38.3 Å². The number of rotatable bonds is 2. The van der Waals surface area contributed by atoms with Crippen LogP contribution >= 0.6 is 0 Å². The third-order valence-electron chi connectivity index (χ3n) is 4.98. The number of nitrogen functional groups attached to an aromatic ring is 1. The Bertz CT molecular complexity index is 960. The number of nitrogens with two attached hydrogens (primary N) is 2. The van der Waals surface area contributed by atoms with Crippen LogP contribution in [0, 0.1) is 12.7 Å². The van der Waals surface area contributed by atoms with E-state index < -0.39 is 17.1 Å². The second-order valence-corrected chi connectivity index (χ2v) is 6.80. The molecule has 2 aromatic rings. The molecule has 0 bridgehead atoms. The molecule has 2 heterocycles. The fourth-order valence-corrected chi connectivity index (χ4v) is 3.58. The number of hydrogen-bond acceptors (Lipinski definition) is 5. The van der Waals surface area contributed by atoms with E-state index in [2.05, 4.69) is 0 Å². The molecular formula is C16H20FN5O2. The van der Waals surface area contributed by atoms with Crippen LogP contribution in [0.5, 0.6) is 0 Å². The van der Waals surface area contributed by atoms with Gasteiger partial charge in [-0.15, -0.1) is 0 Å². The van der Waals surface area contributed by atoms with E-state index in [1.165, 1.54) is 4.57 Å². The Balaban J connectivity index is 2.08. The van der Waals surface area contributed by atoms with Crippen molar-refractivity contribution in [3.8, 4) is 0 Å². The van der Waals surface area contributed by atoms with Crippen LogP contribution in [0.2, 0.25) is 0 Å². The summed E-state index contributed by atoms with van der Waals surface area (Å²) in [7, 11) is 0. The van der Waals surface area contributed by atoms with Gasteiger partial charge in [-0.2, -0.15) is 4.68 Å². The van der Waals surface area contributed by atoms with E-state index in [0.29, 0.717) is 29.0 Å². The average molecular weight is 333 g/mol. The summed E-state index contributed by atoms with van der Waals surface area (Å²) in [6, 6.07) is 1.56. The van der Waals surface area contributed by atoms with Gasteiger partial charge in [0.25, 0.3) is 5.56 Å². The molecular weight excluding hydrogens is 313 g/mol. The predicted octanol–water partition coefficient (Wildman–Crippen LogP) is 0.197. The Morgan fingerprint density at radius 2 is 1.96 bits per heavy atom. The van der Waals surface area contributed by atoms with Gasteiger partial charge < -0.3 is 16.5 Å². The predicted molar refractivity (Wildman–Crippen MR) is 90.4 cm³/mol. The Morgan fingerprint density at radius 1 is 1.25 bits per heavy atom. The van der Waals surface area contributed by atoms with Gasteiger partial charge in [-0.05, 0) is 37.8 Å². The third kappa shape index (κ3) is 2.06. The van der Waals surface area contributed by atoms with Crippen molar-refractivity contribution < 1.29 is 4.39 Å². The largest absolute Gasteiger partial charge is 0.367 e. The minimum atomic E-state index is -0.663. The first-order valence-corrected chi connectivity index (χ1v) is 8.16. The van der Waals surface area contributed by atoms with Crippen molar-refractivity contribution in [1.82, 2.24) is 9.24 Å². The van der Waals surface area contributed by atoms with Crippen LogP contribution in [0.1, 0.15) is 30.9 Å².